The van der Waals surface area contributed by atoms with E-state index in [9.17, 15) is 14.0 Å². The van der Waals surface area contributed by atoms with Crippen LogP contribution in [0.2, 0.25) is 0 Å². The Morgan fingerprint density at radius 2 is 1.81 bits per heavy atom. The van der Waals surface area contributed by atoms with Gasteiger partial charge in [0.2, 0.25) is 5.91 Å². The Balaban J connectivity index is 1.50. The van der Waals surface area contributed by atoms with Crippen molar-refractivity contribution in [1.29, 1.82) is 0 Å². The number of halogens is 1. The lowest BCUT2D eigenvalue weighted by Crippen LogP contribution is -2.40. The van der Waals surface area contributed by atoms with Crippen molar-refractivity contribution < 1.29 is 14.0 Å². The van der Waals surface area contributed by atoms with Crippen LogP contribution in [0.3, 0.4) is 0 Å². The lowest BCUT2D eigenvalue weighted by Gasteiger charge is -2.21. The molecule has 1 unspecified atom stereocenters. The summed E-state index contributed by atoms with van der Waals surface area (Å²) in [5.74, 6) is -0.559. The maximum atomic E-state index is 12.9. The van der Waals surface area contributed by atoms with Gasteiger partial charge in [-0.1, -0.05) is 12.1 Å². The minimum Gasteiger partial charge on any atom is -0.352 e. The van der Waals surface area contributed by atoms with Gasteiger partial charge in [0, 0.05) is 24.3 Å². The molecule has 136 valence electrons. The van der Waals surface area contributed by atoms with Crippen LogP contribution < -0.4 is 16.0 Å². The summed E-state index contributed by atoms with van der Waals surface area (Å²) in [7, 11) is 0. The molecule has 0 aromatic heterocycles. The lowest BCUT2D eigenvalue weighted by atomic mass is 9.99. The molecule has 0 spiro atoms. The molecule has 1 aliphatic heterocycles. The summed E-state index contributed by atoms with van der Waals surface area (Å²) in [6.45, 7) is 2.18. The van der Waals surface area contributed by atoms with E-state index in [-0.39, 0.29) is 23.5 Å². The van der Waals surface area contributed by atoms with Crippen molar-refractivity contribution in [2.75, 3.05) is 18.4 Å². The summed E-state index contributed by atoms with van der Waals surface area (Å²) in [5, 5.41) is 8.96. The molecule has 0 saturated carbocycles. The molecule has 1 heterocycles. The molecular weight excluding hydrogens is 333 g/mol. The molecule has 26 heavy (non-hydrogen) atoms. The normalized spacial score (nSPS) is 16.7. The van der Waals surface area contributed by atoms with Gasteiger partial charge in [-0.3, -0.25) is 9.59 Å². The summed E-state index contributed by atoms with van der Waals surface area (Å²) in [6, 6.07) is 12.7. The van der Waals surface area contributed by atoms with Gasteiger partial charge in [-0.15, -0.1) is 0 Å². The van der Waals surface area contributed by atoms with Crippen LogP contribution in [0, 0.1) is 11.7 Å². The number of carbonyl (C=O) groups is 2. The predicted molar refractivity (Wildman–Crippen MR) is 98.2 cm³/mol. The van der Waals surface area contributed by atoms with E-state index in [1.54, 1.807) is 12.1 Å². The van der Waals surface area contributed by atoms with E-state index in [0.29, 0.717) is 17.8 Å². The molecule has 2 aromatic carbocycles. The number of piperidine rings is 1. The van der Waals surface area contributed by atoms with Crippen LogP contribution in [0.1, 0.15) is 28.8 Å². The molecule has 3 N–H and O–H groups in total. The standard InChI is InChI=1S/C20H22FN3O2/c21-17-7-5-15(6-8-17)20(26)24-18-9-3-14(4-10-18)12-23-19(25)16-2-1-11-22-13-16/h3-10,16,22H,1-2,11-13H2,(H,23,25)(H,24,26). The molecule has 1 aliphatic rings. The van der Waals surface area contributed by atoms with Gasteiger partial charge in [-0.25, -0.2) is 4.39 Å². The van der Waals surface area contributed by atoms with Gasteiger partial charge in [-0.05, 0) is 61.3 Å². The lowest BCUT2D eigenvalue weighted by molar-refractivity contribution is -0.125. The quantitative estimate of drug-likeness (QED) is 0.772. The molecule has 1 fully saturated rings. The molecule has 5 nitrogen and oxygen atoms in total. The number of hydrogen-bond donors (Lipinski definition) is 3. The smallest absolute Gasteiger partial charge is 0.255 e. The van der Waals surface area contributed by atoms with E-state index in [4.69, 9.17) is 0 Å². The van der Waals surface area contributed by atoms with E-state index in [1.807, 2.05) is 12.1 Å². The average Bonchev–Trinajstić information content (AvgIpc) is 2.68. The van der Waals surface area contributed by atoms with Crippen molar-refractivity contribution in [1.82, 2.24) is 10.6 Å². The molecule has 6 heteroatoms. The molecule has 1 saturated heterocycles. The Labute approximate surface area is 152 Å². The van der Waals surface area contributed by atoms with Crippen molar-refractivity contribution in [2.45, 2.75) is 19.4 Å². The van der Waals surface area contributed by atoms with E-state index >= 15 is 0 Å². The second-order valence-electron chi connectivity index (χ2n) is 6.42. The first-order valence-corrected chi connectivity index (χ1v) is 8.76. The van der Waals surface area contributed by atoms with E-state index < -0.39 is 0 Å². The highest BCUT2D eigenvalue weighted by Gasteiger charge is 2.20. The number of carbonyl (C=O) groups excluding carboxylic acids is 2. The Bertz CT molecular complexity index is 754. The van der Waals surface area contributed by atoms with Crippen LogP contribution >= 0.6 is 0 Å². The van der Waals surface area contributed by atoms with Crippen LogP contribution in [-0.2, 0) is 11.3 Å². The minimum absolute atomic E-state index is 0.0398. The molecule has 2 amide bonds. The topological polar surface area (TPSA) is 70.2 Å². The Hall–Kier alpha value is -2.73. The zero-order valence-electron chi connectivity index (χ0n) is 14.4. The number of benzene rings is 2. The van der Waals surface area contributed by atoms with Gasteiger partial charge in [0.25, 0.3) is 5.91 Å². The molecule has 2 aromatic rings. The van der Waals surface area contributed by atoms with Crippen molar-refractivity contribution in [2.24, 2.45) is 5.92 Å². The number of nitrogens with one attached hydrogen (secondary N) is 3. The molecular formula is C20H22FN3O2. The summed E-state index contributed by atoms with van der Waals surface area (Å²) >= 11 is 0. The van der Waals surface area contributed by atoms with E-state index in [0.717, 1.165) is 31.5 Å². The van der Waals surface area contributed by atoms with Gasteiger partial charge in [-0.2, -0.15) is 0 Å². The van der Waals surface area contributed by atoms with Gasteiger partial charge in [0.1, 0.15) is 5.82 Å². The Morgan fingerprint density at radius 1 is 1.08 bits per heavy atom. The van der Waals surface area contributed by atoms with Crippen LogP contribution in [0.5, 0.6) is 0 Å². The third-order valence-corrected chi connectivity index (χ3v) is 4.45. The number of anilines is 1. The first-order chi connectivity index (χ1) is 12.6. The summed E-state index contributed by atoms with van der Waals surface area (Å²) in [4.78, 5) is 24.2. The average molecular weight is 355 g/mol. The second-order valence-corrected chi connectivity index (χ2v) is 6.42. The molecule has 3 rings (SSSR count). The SMILES string of the molecule is O=C(Nc1ccc(CNC(=O)C2CCCNC2)cc1)c1ccc(F)cc1. The first-order valence-electron chi connectivity index (χ1n) is 8.76. The Morgan fingerprint density at radius 3 is 2.46 bits per heavy atom. The molecule has 0 radical (unpaired) electrons. The van der Waals surface area contributed by atoms with Crippen molar-refractivity contribution in [3.63, 3.8) is 0 Å². The maximum Gasteiger partial charge on any atom is 0.255 e. The first kappa shape index (κ1) is 18.1. The van der Waals surface area contributed by atoms with Crippen LogP contribution in [0.4, 0.5) is 10.1 Å². The monoisotopic (exact) mass is 355 g/mol. The van der Waals surface area contributed by atoms with Crippen LogP contribution in [-0.4, -0.2) is 24.9 Å². The zero-order valence-corrected chi connectivity index (χ0v) is 14.4. The third-order valence-electron chi connectivity index (χ3n) is 4.45. The highest BCUT2D eigenvalue weighted by atomic mass is 19.1. The van der Waals surface area contributed by atoms with Crippen LogP contribution in [0.15, 0.2) is 48.5 Å². The summed E-state index contributed by atoms with van der Waals surface area (Å²) in [6.07, 6.45) is 1.95. The summed E-state index contributed by atoms with van der Waals surface area (Å²) < 4.78 is 12.9. The van der Waals surface area contributed by atoms with E-state index in [1.165, 1.54) is 24.3 Å². The van der Waals surface area contributed by atoms with Crippen molar-refractivity contribution in [3.8, 4) is 0 Å². The van der Waals surface area contributed by atoms with Gasteiger partial charge in [0.05, 0.1) is 5.92 Å². The number of hydrogen-bond acceptors (Lipinski definition) is 3. The fourth-order valence-corrected chi connectivity index (χ4v) is 2.92. The maximum absolute atomic E-state index is 12.9. The predicted octanol–water partition coefficient (Wildman–Crippen LogP) is 2.69. The van der Waals surface area contributed by atoms with Gasteiger partial charge < -0.3 is 16.0 Å². The third kappa shape index (κ3) is 4.89. The summed E-state index contributed by atoms with van der Waals surface area (Å²) in [5.41, 5.74) is 2.00. The highest BCUT2D eigenvalue weighted by Crippen LogP contribution is 2.13. The van der Waals surface area contributed by atoms with Gasteiger partial charge >= 0.3 is 0 Å². The molecule has 0 bridgehead atoms. The Kier molecular flexibility index (Phi) is 5.96. The highest BCUT2D eigenvalue weighted by molar-refractivity contribution is 6.04. The van der Waals surface area contributed by atoms with Gasteiger partial charge in [0.15, 0.2) is 0 Å². The molecule has 0 aliphatic carbocycles. The minimum atomic E-state index is -0.378. The van der Waals surface area contributed by atoms with Crippen molar-refractivity contribution in [3.05, 3.63) is 65.5 Å². The molecule has 1 atom stereocenters. The largest absolute Gasteiger partial charge is 0.352 e. The second kappa shape index (κ2) is 8.58. The van der Waals surface area contributed by atoms with E-state index in [2.05, 4.69) is 16.0 Å². The fraction of sp³-hybridized carbons (Fsp3) is 0.300. The number of rotatable bonds is 5. The number of amides is 2. The zero-order chi connectivity index (χ0) is 18.4. The van der Waals surface area contributed by atoms with Crippen LogP contribution in [0.25, 0.3) is 0 Å². The fourth-order valence-electron chi connectivity index (χ4n) is 2.92. The van der Waals surface area contributed by atoms with Crippen molar-refractivity contribution >= 4 is 17.5 Å².